The van der Waals surface area contributed by atoms with Crippen LogP contribution in [-0.2, 0) is 10.0 Å². The quantitative estimate of drug-likeness (QED) is 0.593. The first-order valence-electron chi connectivity index (χ1n) is 9.85. The van der Waals surface area contributed by atoms with Crippen LogP contribution in [0.5, 0.6) is 0 Å². The molecule has 1 aliphatic heterocycles. The van der Waals surface area contributed by atoms with Crippen LogP contribution in [0.4, 0.5) is 14.5 Å². The van der Waals surface area contributed by atoms with Crippen molar-refractivity contribution in [3.63, 3.8) is 0 Å². The molecule has 1 aliphatic rings. The van der Waals surface area contributed by atoms with Crippen LogP contribution in [0.15, 0.2) is 41.3 Å². The average Bonchev–Trinajstić information content (AvgIpc) is 3.42. The van der Waals surface area contributed by atoms with E-state index in [0.717, 1.165) is 34.6 Å². The van der Waals surface area contributed by atoms with Gasteiger partial charge in [0.2, 0.25) is 15.0 Å². The molecule has 1 N–H and O–H groups in total. The number of nitrogens with one attached hydrogen (secondary N) is 1. The van der Waals surface area contributed by atoms with E-state index >= 15 is 0 Å². The maximum absolute atomic E-state index is 13.4. The average molecular weight is 479 g/mol. The predicted molar refractivity (Wildman–Crippen MR) is 116 cm³/mol. The van der Waals surface area contributed by atoms with Gasteiger partial charge >= 0.3 is 0 Å². The minimum absolute atomic E-state index is 0.000150. The lowest BCUT2D eigenvalue weighted by Gasteiger charge is -2.22. The van der Waals surface area contributed by atoms with E-state index < -0.39 is 33.6 Å². The number of sulfonamides is 1. The smallest absolute Gasteiger partial charge is 0.286 e. The van der Waals surface area contributed by atoms with Crippen LogP contribution >= 0.6 is 11.3 Å². The highest BCUT2D eigenvalue weighted by atomic mass is 32.2. The summed E-state index contributed by atoms with van der Waals surface area (Å²) in [5, 5.41) is 10.8. The van der Waals surface area contributed by atoms with Crippen molar-refractivity contribution in [2.45, 2.75) is 37.6 Å². The third kappa shape index (κ3) is 4.27. The second kappa shape index (κ2) is 8.64. The fraction of sp³-hybridized carbons (Fsp3) is 0.286. The zero-order valence-corrected chi connectivity index (χ0v) is 18.9. The standard InChI is InChI=1S/C21H20F2N4O3S2/c1-12-5-7-15(10-13(12)2)32(29,30)27-9-3-4-18(27)20-25-26-21(31-20)19(28)24-14-6-8-16(22)17(23)11-14/h5-8,10-11,18H,3-4,9H2,1-2H3,(H,24,28)/t18-/m1/s1. The summed E-state index contributed by atoms with van der Waals surface area (Å²) < 4.78 is 54.4. The van der Waals surface area contributed by atoms with Crippen LogP contribution < -0.4 is 5.32 Å². The highest BCUT2D eigenvalue weighted by Gasteiger charge is 2.38. The Labute approximate surface area is 188 Å². The first-order valence-corrected chi connectivity index (χ1v) is 12.1. The summed E-state index contributed by atoms with van der Waals surface area (Å²) in [5.41, 5.74) is 1.96. The van der Waals surface area contributed by atoms with Crippen molar-refractivity contribution in [1.29, 1.82) is 0 Å². The third-order valence-electron chi connectivity index (χ3n) is 5.39. The number of hydrogen-bond acceptors (Lipinski definition) is 6. The summed E-state index contributed by atoms with van der Waals surface area (Å²) >= 11 is 0.977. The molecule has 11 heteroatoms. The largest absolute Gasteiger partial charge is 0.320 e. The molecule has 0 saturated carbocycles. The van der Waals surface area contributed by atoms with Crippen molar-refractivity contribution in [3.05, 3.63) is 69.2 Å². The molecule has 168 valence electrons. The Morgan fingerprint density at radius 2 is 1.88 bits per heavy atom. The van der Waals surface area contributed by atoms with Crippen molar-refractivity contribution in [2.75, 3.05) is 11.9 Å². The van der Waals surface area contributed by atoms with Crippen molar-refractivity contribution in [2.24, 2.45) is 0 Å². The zero-order valence-electron chi connectivity index (χ0n) is 17.3. The van der Waals surface area contributed by atoms with Gasteiger partial charge in [-0.1, -0.05) is 17.4 Å². The molecule has 0 bridgehead atoms. The molecule has 1 amide bonds. The SMILES string of the molecule is Cc1ccc(S(=O)(=O)N2CCC[C@@H]2c2nnc(C(=O)Nc3ccc(F)c(F)c3)s2)cc1C. The molecule has 1 saturated heterocycles. The number of anilines is 1. The fourth-order valence-corrected chi connectivity index (χ4v) is 6.20. The molecule has 3 aromatic rings. The fourth-order valence-electron chi connectivity index (χ4n) is 3.50. The molecule has 0 unspecified atom stereocenters. The maximum atomic E-state index is 13.4. The first kappa shape index (κ1) is 22.4. The lowest BCUT2D eigenvalue weighted by atomic mass is 10.1. The van der Waals surface area contributed by atoms with Crippen LogP contribution in [0, 0.1) is 25.5 Å². The number of hydrogen-bond donors (Lipinski definition) is 1. The van der Waals surface area contributed by atoms with Crippen molar-refractivity contribution in [3.8, 4) is 0 Å². The number of carbonyl (C=O) groups excluding carboxylic acids is 1. The molecule has 1 fully saturated rings. The maximum Gasteiger partial charge on any atom is 0.286 e. The van der Waals surface area contributed by atoms with Gasteiger partial charge in [-0.2, -0.15) is 4.31 Å². The molecule has 32 heavy (non-hydrogen) atoms. The molecule has 4 rings (SSSR count). The van der Waals surface area contributed by atoms with E-state index in [-0.39, 0.29) is 15.6 Å². The molecule has 0 radical (unpaired) electrons. The van der Waals surface area contributed by atoms with Crippen molar-refractivity contribution >= 4 is 33.0 Å². The van der Waals surface area contributed by atoms with E-state index in [1.165, 1.54) is 10.4 Å². The molecule has 1 aromatic heterocycles. The number of rotatable bonds is 5. The Kier molecular flexibility index (Phi) is 6.06. The van der Waals surface area contributed by atoms with Gasteiger partial charge in [0.25, 0.3) is 5.91 Å². The van der Waals surface area contributed by atoms with Crippen LogP contribution in [0.25, 0.3) is 0 Å². The summed E-state index contributed by atoms with van der Waals surface area (Å²) in [6.45, 7) is 4.12. The minimum Gasteiger partial charge on any atom is -0.320 e. The Balaban J connectivity index is 1.55. The highest BCUT2D eigenvalue weighted by Crippen LogP contribution is 2.38. The van der Waals surface area contributed by atoms with Gasteiger partial charge in [-0.05, 0) is 62.1 Å². The summed E-state index contributed by atoms with van der Waals surface area (Å²) in [4.78, 5) is 12.7. The first-order chi connectivity index (χ1) is 15.2. The van der Waals surface area contributed by atoms with Crippen LogP contribution in [0.2, 0.25) is 0 Å². The van der Waals surface area contributed by atoms with Crippen LogP contribution in [-0.4, -0.2) is 35.4 Å². The van der Waals surface area contributed by atoms with Gasteiger partial charge in [-0.25, -0.2) is 17.2 Å². The number of aryl methyl sites for hydroxylation is 2. The summed E-state index contributed by atoms with van der Waals surface area (Å²) in [7, 11) is -3.75. The molecule has 2 heterocycles. The summed E-state index contributed by atoms with van der Waals surface area (Å²) in [6, 6.07) is 7.50. The highest BCUT2D eigenvalue weighted by molar-refractivity contribution is 7.89. The molecular formula is C21H20F2N4O3S2. The molecule has 0 aliphatic carbocycles. The van der Waals surface area contributed by atoms with E-state index in [2.05, 4.69) is 15.5 Å². The Morgan fingerprint density at radius 3 is 2.59 bits per heavy atom. The summed E-state index contributed by atoms with van der Waals surface area (Å²) in [5.74, 6) is -2.74. The molecular weight excluding hydrogens is 458 g/mol. The second-order valence-electron chi connectivity index (χ2n) is 7.55. The van der Waals surface area contributed by atoms with E-state index in [1.54, 1.807) is 18.2 Å². The molecule has 0 spiro atoms. The van der Waals surface area contributed by atoms with Gasteiger partial charge in [-0.3, -0.25) is 4.79 Å². The van der Waals surface area contributed by atoms with E-state index in [1.807, 2.05) is 13.8 Å². The van der Waals surface area contributed by atoms with Gasteiger partial charge in [0.1, 0.15) is 5.01 Å². The topological polar surface area (TPSA) is 92.3 Å². The van der Waals surface area contributed by atoms with E-state index in [0.29, 0.717) is 24.4 Å². The molecule has 2 aromatic carbocycles. The van der Waals surface area contributed by atoms with E-state index in [9.17, 15) is 22.0 Å². The monoisotopic (exact) mass is 478 g/mol. The second-order valence-corrected chi connectivity index (χ2v) is 10.4. The minimum atomic E-state index is -3.75. The Hall–Kier alpha value is -2.76. The van der Waals surface area contributed by atoms with Crippen LogP contribution in [0.1, 0.15) is 44.8 Å². The number of amides is 1. The van der Waals surface area contributed by atoms with Gasteiger partial charge in [-0.15, -0.1) is 10.2 Å². The predicted octanol–water partition coefficient (Wildman–Crippen LogP) is 4.21. The lowest BCUT2D eigenvalue weighted by molar-refractivity contribution is 0.102. The Morgan fingerprint density at radius 1 is 1.09 bits per heavy atom. The lowest BCUT2D eigenvalue weighted by Crippen LogP contribution is -2.30. The number of carbonyl (C=O) groups is 1. The zero-order chi connectivity index (χ0) is 23.0. The van der Waals surface area contributed by atoms with Crippen molar-refractivity contribution in [1.82, 2.24) is 14.5 Å². The van der Waals surface area contributed by atoms with Gasteiger partial charge in [0, 0.05) is 18.3 Å². The van der Waals surface area contributed by atoms with Gasteiger partial charge in [0.15, 0.2) is 11.6 Å². The van der Waals surface area contributed by atoms with Crippen LogP contribution in [0.3, 0.4) is 0 Å². The number of benzene rings is 2. The van der Waals surface area contributed by atoms with Gasteiger partial charge in [0.05, 0.1) is 10.9 Å². The normalized spacial score (nSPS) is 16.9. The van der Waals surface area contributed by atoms with Crippen molar-refractivity contribution < 1.29 is 22.0 Å². The summed E-state index contributed by atoms with van der Waals surface area (Å²) in [6.07, 6.45) is 1.22. The molecule has 7 nitrogen and oxygen atoms in total. The number of nitrogens with zero attached hydrogens (tertiary/aromatic N) is 3. The number of aromatic nitrogens is 2. The number of halogens is 2. The van der Waals surface area contributed by atoms with E-state index in [4.69, 9.17) is 0 Å². The Bertz CT molecular complexity index is 1290. The third-order valence-corrected chi connectivity index (χ3v) is 8.31. The van der Waals surface area contributed by atoms with Gasteiger partial charge < -0.3 is 5.32 Å². The molecule has 1 atom stereocenters.